The molecule has 0 bridgehead atoms. The molecule has 10 heteroatoms. The van der Waals surface area contributed by atoms with Crippen LogP contribution in [0.25, 0.3) is 33.8 Å². The molecule has 38 heavy (non-hydrogen) atoms. The van der Waals surface area contributed by atoms with Crippen molar-refractivity contribution in [2.45, 2.75) is 48.8 Å². The summed E-state index contributed by atoms with van der Waals surface area (Å²) in [5.74, 6) is -3.56. The van der Waals surface area contributed by atoms with Gasteiger partial charge in [-0.1, -0.05) is 31.2 Å². The maximum absolute atomic E-state index is 14.7. The fourth-order valence-corrected chi connectivity index (χ4v) is 5.94. The molecular weight excluding hydrogens is 508 g/mol. The van der Waals surface area contributed by atoms with Gasteiger partial charge in [0.1, 0.15) is 11.2 Å². The van der Waals surface area contributed by atoms with Crippen LogP contribution in [0.4, 0.5) is 8.78 Å². The fourth-order valence-electron chi connectivity index (χ4n) is 4.89. The molecule has 0 N–H and O–H groups in total. The summed E-state index contributed by atoms with van der Waals surface area (Å²) in [6, 6.07) is 12.8. The quantitative estimate of drug-likeness (QED) is 0.309. The molecule has 0 spiro atoms. The van der Waals surface area contributed by atoms with E-state index in [0.717, 1.165) is 24.0 Å². The molecule has 2 aliphatic rings. The van der Waals surface area contributed by atoms with E-state index in [1.807, 2.05) is 24.3 Å². The van der Waals surface area contributed by atoms with Crippen LogP contribution in [0.5, 0.6) is 0 Å². The lowest BCUT2D eigenvalue weighted by molar-refractivity contribution is -0.0287. The van der Waals surface area contributed by atoms with Crippen molar-refractivity contribution < 1.29 is 17.2 Å². The highest BCUT2D eigenvalue weighted by atomic mass is 32.2. The number of hydrogen-bond acceptors (Lipinski definition) is 6. The molecule has 2 saturated carbocycles. The number of halogens is 2. The van der Waals surface area contributed by atoms with Gasteiger partial charge >= 0.3 is 0 Å². The third-order valence-electron chi connectivity index (χ3n) is 7.70. The second-order valence-electron chi connectivity index (χ2n) is 10.2. The van der Waals surface area contributed by atoms with E-state index in [-0.39, 0.29) is 33.2 Å². The van der Waals surface area contributed by atoms with E-state index in [4.69, 9.17) is 0 Å². The molecule has 0 atom stereocenters. The summed E-state index contributed by atoms with van der Waals surface area (Å²) in [5, 5.41) is 9.47. The maximum Gasteiger partial charge on any atom is 0.277 e. The van der Waals surface area contributed by atoms with Crippen molar-refractivity contribution in [1.29, 1.82) is 5.26 Å². The Balaban J connectivity index is 1.44. The first-order valence-corrected chi connectivity index (χ1v) is 14.2. The first-order valence-electron chi connectivity index (χ1n) is 12.6. The molecule has 0 radical (unpaired) electrons. The van der Waals surface area contributed by atoms with Gasteiger partial charge < -0.3 is 4.57 Å². The highest BCUT2D eigenvalue weighted by Crippen LogP contribution is 2.50. The van der Waals surface area contributed by atoms with Crippen LogP contribution in [0, 0.1) is 17.2 Å². The van der Waals surface area contributed by atoms with Crippen molar-refractivity contribution in [2.75, 3.05) is 5.75 Å². The van der Waals surface area contributed by atoms with Crippen LogP contribution >= 0.6 is 0 Å². The van der Waals surface area contributed by atoms with E-state index in [0.29, 0.717) is 24.1 Å². The zero-order chi connectivity index (χ0) is 26.9. The number of imidazole rings is 1. The van der Waals surface area contributed by atoms with Crippen LogP contribution in [0.15, 0.2) is 53.7 Å². The smallest absolute Gasteiger partial charge is 0.277 e. The Bertz CT molecular complexity index is 1730. The number of aromatic nitrogens is 4. The van der Waals surface area contributed by atoms with Crippen LogP contribution in [0.2, 0.25) is 0 Å². The van der Waals surface area contributed by atoms with Gasteiger partial charge in [0.05, 0.1) is 22.1 Å². The largest absolute Gasteiger partial charge is 0.310 e. The SMILES string of the molecule is CCS(=O)(=O)c1cc(-c2ccc(C3(C#N)CC3)cc2)cnc1-c1nc2cc(C(F)(F)C3CC3)cnc2n1C. The predicted molar refractivity (Wildman–Crippen MR) is 138 cm³/mol. The van der Waals surface area contributed by atoms with Crippen LogP contribution < -0.4 is 0 Å². The number of sulfone groups is 1. The Morgan fingerprint density at radius 2 is 1.82 bits per heavy atom. The van der Waals surface area contributed by atoms with Crippen molar-refractivity contribution in [3.8, 4) is 28.7 Å². The number of benzene rings is 1. The molecule has 2 aliphatic carbocycles. The second kappa shape index (κ2) is 8.40. The monoisotopic (exact) mass is 533 g/mol. The number of aryl methyl sites for hydroxylation is 1. The summed E-state index contributed by atoms with van der Waals surface area (Å²) in [5.41, 5.74) is 2.50. The molecule has 3 aromatic heterocycles. The third kappa shape index (κ3) is 3.88. The third-order valence-corrected chi connectivity index (χ3v) is 9.44. The summed E-state index contributed by atoms with van der Waals surface area (Å²) in [4.78, 5) is 13.3. The first-order chi connectivity index (χ1) is 18.1. The van der Waals surface area contributed by atoms with Gasteiger partial charge in [0, 0.05) is 36.5 Å². The molecule has 3 heterocycles. The van der Waals surface area contributed by atoms with E-state index in [2.05, 4.69) is 21.0 Å². The normalized spacial score (nSPS) is 16.9. The zero-order valence-electron chi connectivity index (χ0n) is 20.9. The Hall–Kier alpha value is -3.71. The number of pyridine rings is 2. The van der Waals surface area contributed by atoms with E-state index in [1.165, 1.54) is 12.3 Å². The molecule has 0 aliphatic heterocycles. The minimum Gasteiger partial charge on any atom is -0.310 e. The van der Waals surface area contributed by atoms with Gasteiger partial charge in [-0.3, -0.25) is 4.98 Å². The Kier molecular flexibility index (Phi) is 5.44. The van der Waals surface area contributed by atoms with Crippen LogP contribution in [0.1, 0.15) is 43.7 Å². The Morgan fingerprint density at radius 3 is 2.42 bits per heavy atom. The lowest BCUT2D eigenvalue weighted by Gasteiger charge is -2.15. The van der Waals surface area contributed by atoms with Crippen molar-refractivity contribution in [1.82, 2.24) is 19.5 Å². The Labute approximate surface area is 219 Å². The number of fused-ring (bicyclic) bond motifs is 1. The number of nitrogens with zero attached hydrogens (tertiary/aromatic N) is 5. The maximum atomic E-state index is 14.7. The molecule has 0 unspecified atom stereocenters. The highest BCUT2D eigenvalue weighted by Gasteiger charge is 2.48. The molecule has 0 saturated heterocycles. The van der Waals surface area contributed by atoms with Gasteiger partial charge in [0.15, 0.2) is 21.3 Å². The van der Waals surface area contributed by atoms with E-state index in [1.54, 1.807) is 30.8 Å². The lowest BCUT2D eigenvalue weighted by Crippen LogP contribution is -2.16. The average molecular weight is 534 g/mol. The molecule has 0 amide bonds. The van der Waals surface area contributed by atoms with Gasteiger partial charge in [-0.05, 0) is 48.9 Å². The molecule has 7 nitrogen and oxygen atoms in total. The van der Waals surface area contributed by atoms with Gasteiger partial charge in [0.2, 0.25) is 0 Å². The number of hydrogen-bond donors (Lipinski definition) is 0. The minimum absolute atomic E-state index is 0.0132. The fraction of sp³-hybridized carbons (Fsp3) is 0.357. The van der Waals surface area contributed by atoms with Crippen molar-refractivity contribution in [2.24, 2.45) is 13.0 Å². The lowest BCUT2D eigenvalue weighted by atomic mass is 9.95. The van der Waals surface area contributed by atoms with Gasteiger partial charge in [-0.2, -0.15) is 5.26 Å². The summed E-state index contributed by atoms with van der Waals surface area (Å²) in [7, 11) is -2.06. The van der Waals surface area contributed by atoms with E-state index < -0.39 is 27.1 Å². The molecular formula is C28H25F2N5O2S. The van der Waals surface area contributed by atoms with Crippen LogP contribution in [-0.2, 0) is 28.2 Å². The molecule has 194 valence electrons. The minimum atomic E-state index is -3.72. The Morgan fingerprint density at radius 1 is 1.11 bits per heavy atom. The number of alkyl halides is 2. The zero-order valence-corrected chi connectivity index (χ0v) is 21.8. The topological polar surface area (TPSA) is 102 Å². The predicted octanol–water partition coefficient (Wildman–Crippen LogP) is 5.55. The highest BCUT2D eigenvalue weighted by molar-refractivity contribution is 7.91. The molecule has 2 fully saturated rings. The summed E-state index contributed by atoms with van der Waals surface area (Å²) < 4.78 is 57.3. The molecule has 4 aromatic rings. The van der Waals surface area contributed by atoms with Gasteiger partial charge in [-0.15, -0.1) is 0 Å². The van der Waals surface area contributed by atoms with Gasteiger partial charge in [0.25, 0.3) is 5.92 Å². The van der Waals surface area contributed by atoms with Crippen molar-refractivity contribution in [3.63, 3.8) is 0 Å². The second-order valence-corrected chi connectivity index (χ2v) is 12.5. The van der Waals surface area contributed by atoms with Crippen molar-refractivity contribution in [3.05, 3.63) is 59.9 Å². The number of rotatable bonds is 7. The molecule has 1 aromatic carbocycles. The van der Waals surface area contributed by atoms with Gasteiger partial charge in [-0.25, -0.2) is 27.2 Å². The summed E-state index contributed by atoms with van der Waals surface area (Å²) in [6.45, 7) is 1.56. The molecule has 6 rings (SSSR count). The first kappa shape index (κ1) is 24.6. The van der Waals surface area contributed by atoms with Crippen LogP contribution in [0.3, 0.4) is 0 Å². The van der Waals surface area contributed by atoms with Crippen LogP contribution in [-0.4, -0.2) is 33.7 Å². The number of nitriles is 1. The standard InChI is InChI=1S/C28H25F2N5O2S/c1-3-38(36,37)23-12-18(17-4-6-19(7-5-17)27(16-31)10-11-27)14-32-24(23)26-34-22-13-21(15-33-25(22)35(26)2)28(29,30)20-8-9-20/h4-7,12-15,20H,3,8-11H2,1-2H3. The van der Waals surface area contributed by atoms with Crippen molar-refractivity contribution >= 4 is 21.0 Å². The summed E-state index contributed by atoms with van der Waals surface area (Å²) >= 11 is 0. The average Bonchev–Trinajstić information content (AvgIpc) is 3.86. The van der Waals surface area contributed by atoms with E-state index >= 15 is 0 Å². The summed E-state index contributed by atoms with van der Waals surface area (Å²) in [6.07, 6.45) is 5.39. The van der Waals surface area contributed by atoms with E-state index in [9.17, 15) is 22.5 Å².